The summed E-state index contributed by atoms with van der Waals surface area (Å²) >= 11 is 3.30. The van der Waals surface area contributed by atoms with Gasteiger partial charge in [0.15, 0.2) is 0 Å². The lowest BCUT2D eigenvalue weighted by molar-refractivity contribution is 0.322. The average molecular weight is 211 g/mol. The molecule has 0 atom stereocenters. The van der Waals surface area contributed by atoms with E-state index in [0.717, 1.165) is 5.03 Å². The molecule has 0 amide bonds. The van der Waals surface area contributed by atoms with E-state index < -0.39 is 0 Å². The molecule has 2 heterocycles. The molecule has 0 aliphatic carbocycles. The smallest absolute Gasteiger partial charge is 0.114 e. The van der Waals surface area contributed by atoms with E-state index >= 15 is 0 Å². The van der Waals surface area contributed by atoms with Crippen molar-refractivity contribution in [1.82, 2.24) is 4.98 Å². The molecule has 0 fully saturated rings. The molecule has 13 heavy (non-hydrogen) atoms. The first-order valence-corrected chi connectivity index (χ1v) is 5.84. The van der Waals surface area contributed by atoms with Crippen LogP contribution in [0.15, 0.2) is 28.7 Å². The largest absolute Gasteiger partial charge is 0.396 e. The van der Waals surface area contributed by atoms with Crippen molar-refractivity contribution in [2.75, 3.05) is 12.4 Å². The molecule has 68 valence electrons. The minimum Gasteiger partial charge on any atom is -0.396 e. The summed E-state index contributed by atoms with van der Waals surface area (Å²) in [6.07, 6.45) is 1.81. The number of nitrogens with zero attached hydrogens (tertiary/aromatic N) is 1. The molecular formula is C9H9NOS2. The summed E-state index contributed by atoms with van der Waals surface area (Å²) in [5.41, 5.74) is 0. The van der Waals surface area contributed by atoms with Crippen molar-refractivity contribution >= 4 is 33.2 Å². The lowest BCUT2D eigenvalue weighted by Crippen LogP contribution is -1.87. The monoisotopic (exact) mass is 211 g/mol. The van der Waals surface area contributed by atoms with Gasteiger partial charge in [-0.05, 0) is 22.9 Å². The van der Waals surface area contributed by atoms with Crippen molar-refractivity contribution in [2.45, 2.75) is 5.03 Å². The third-order valence-corrected chi connectivity index (χ3v) is 3.70. The molecule has 2 aromatic heterocycles. The number of aromatic nitrogens is 1. The van der Waals surface area contributed by atoms with Gasteiger partial charge in [-0.1, -0.05) is 0 Å². The van der Waals surface area contributed by atoms with Crippen LogP contribution < -0.4 is 0 Å². The van der Waals surface area contributed by atoms with Crippen molar-refractivity contribution in [2.24, 2.45) is 0 Å². The van der Waals surface area contributed by atoms with Gasteiger partial charge in [0, 0.05) is 11.9 Å². The molecule has 0 bridgehead atoms. The highest BCUT2D eigenvalue weighted by Gasteiger charge is 2.02. The van der Waals surface area contributed by atoms with E-state index in [4.69, 9.17) is 5.11 Å². The zero-order chi connectivity index (χ0) is 9.10. The zero-order valence-electron chi connectivity index (χ0n) is 6.93. The second-order valence-electron chi connectivity index (χ2n) is 2.53. The van der Waals surface area contributed by atoms with E-state index in [1.807, 2.05) is 12.3 Å². The molecule has 2 aromatic rings. The first kappa shape index (κ1) is 8.99. The lowest BCUT2D eigenvalue weighted by Gasteiger charge is -1.98. The van der Waals surface area contributed by atoms with Crippen molar-refractivity contribution in [1.29, 1.82) is 0 Å². The van der Waals surface area contributed by atoms with Gasteiger partial charge < -0.3 is 5.11 Å². The molecule has 2 nitrogen and oxygen atoms in total. The normalized spacial score (nSPS) is 10.8. The summed E-state index contributed by atoms with van der Waals surface area (Å²) < 4.78 is 1.22. The summed E-state index contributed by atoms with van der Waals surface area (Å²) in [6, 6.07) is 4.10. The molecule has 0 aromatic carbocycles. The number of hydrogen-bond donors (Lipinski definition) is 1. The third-order valence-electron chi connectivity index (χ3n) is 1.67. The van der Waals surface area contributed by atoms with E-state index in [9.17, 15) is 0 Å². The van der Waals surface area contributed by atoms with Gasteiger partial charge in [-0.25, -0.2) is 4.98 Å². The van der Waals surface area contributed by atoms with Crippen LogP contribution in [0.5, 0.6) is 0 Å². The van der Waals surface area contributed by atoms with Gasteiger partial charge in [0.1, 0.15) is 5.03 Å². The van der Waals surface area contributed by atoms with Crippen LogP contribution in [0.1, 0.15) is 0 Å². The lowest BCUT2D eigenvalue weighted by atomic mass is 10.3. The quantitative estimate of drug-likeness (QED) is 0.791. The van der Waals surface area contributed by atoms with Crippen LogP contribution >= 0.6 is 23.1 Å². The van der Waals surface area contributed by atoms with Gasteiger partial charge in [-0.2, -0.15) is 0 Å². The Morgan fingerprint density at radius 2 is 2.38 bits per heavy atom. The molecular weight excluding hydrogens is 202 g/mol. The molecule has 4 heteroatoms. The number of aliphatic hydroxyl groups is 1. The topological polar surface area (TPSA) is 33.1 Å². The molecule has 0 saturated carbocycles. The second-order valence-corrected chi connectivity index (χ2v) is 4.53. The van der Waals surface area contributed by atoms with E-state index in [1.54, 1.807) is 23.1 Å². The molecule has 0 saturated heterocycles. The van der Waals surface area contributed by atoms with Crippen LogP contribution in [-0.4, -0.2) is 22.5 Å². The number of pyridine rings is 1. The molecule has 2 rings (SSSR count). The Bertz CT molecular complexity index is 399. The van der Waals surface area contributed by atoms with Crippen LogP contribution in [0, 0.1) is 0 Å². The van der Waals surface area contributed by atoms with Crippen molar-refractivity contribution in [3.63, 3.8) is 0 Å². The highest BCUT2D eigenvalue weighted by molar-refractivity contribution is 7.99. The van der Waals surface area contributed by atoms with Gasteiger partial charge >= 0.3 is 0 Å². The number of rotatable bonds is 3. The van der Waals surface area contributed by atoms with E-state index in [2.05, 4.69) is 16.4 Å². The highest BCUT2D eigenvalue weighted by atomic mass is 32.2. The SMILES string of the molecule is OCCSc1nccc2ccsc12. The molecule has 0 spiro atoms. The van der Waals surface area contributed by atoms with Crippen molar-refractivity contribution in [3.8, 4) is 0 Å². The molecule has 0 aliphatic rings. The zero-order valence-corrected chi connectivity index (χ0v) is 8.57. The predicted octanol–water partition coefficient (Wildman–Crippen LogP) is 2.38. The minimum atomic E-state index is 0.202. The Hall–Kier alpha value is -0.580. The van der Waals surface area contributed by atoms with E-state index in [1.165, 1.54) is 10.1 Å². The van der Waals surface area contributed by atoms with E-state index in [0.29, 0.717) is 5.75 Å². The summed E-state index contributed by atoms with van der Waals surface area (Å²) in [4.78, 5) is 4.28. The summed E-state index contributed by atoms with van der Waals surface area (Å²) in [5, 5.41) is 13.0. The van der Waals surface area contributed by atoms with Gasteiger partial charge in [0.25, 0.3) is 0 Å². The Morgan fingerprint density at radius 1 is 1.46 bits per heavy atom. The van der Waals surface area contributed by atoms with Crippen LogP contribution in [0.3, 0.4) is 0 Å². The number of fused-ring (bicyclic) bond motifs is 1. The second kappa shape index (κ2) is 4.09. The van der Waals surface area contributed by atoms with Crippen LogP contribution in [0.25, 0.3) is 10.1 Å². The standard InChI is InChI=1S/C9H9NOS2/c11-4-6-13-9-8-7(1-3-10-9)2-5-12-8/h1-3,5,11H,4,6H2. The molecule has 0 aliphatic heterocycles. The average Bonchev–Trinajstić information content (AvgIpc) is 2.62. The highest BCUT2D eigenvalue weighted by Crippen LogP contribution is 2.29. The van der Waals surface area contributed by atoms with Crippen molar-refractivity contribution < 1.29 is 5.11 Å². The van der Waals surface area contributed by atoms with E-state index in [-0.39, 0.29) is 6.61 Å². The van der Waals surface area contributed by atoms with Crippen LogP contribution in [0.4, 0.5) is 0 Å². The Kier molecular flexibility index (Phi) is 2.83. The number of aliphatic hydroxyl groups excluding tert-OH is 1. The number of hydrogen-bond acceptors (Lipinski definition) is 4. The fourth-order valence-corrected chi connectivity index (χ4v) is 2.88. The number of thioether (sulfide) groups is 1. The summed E-state index contributed by atoms with van der Waals surface area (Å²) in [5.74, 6) is 0.712. The van der Waals surface area contributed by atoms with Crippen LogP contribution in [-0.2, 0) is 0 Å². The fourth-order valence-electron chi connectivity index (χ4n) is 1.11. The Balaban J connectivity index is 2.37. The first-order valence-electron chi connectivity index (χ1n) is 3.97. The Morgan fingerprint density at radius 3 is 3.23 bits per heavy atom. The van der Waals surface area contributed by atoms with Crippen LogP contribution in [0.2, 0.25) is 0 Å². The van der Waals surface area contributed by atoms with Gasteiger partial charge in [0.2, 0.25) is 0 Å². The maximum absolute atomic E-state index is 8.71. The maximum Gasteiger partial charge on any atom is 0.114 e. The van der Waals surface area contributed by atoms with Gasteiger partial charge in [0.05, 0.1) is 11.3 Å². The van der Waals surface area contributed by atoms with Gasteiger partial charge in [-0.15, -0.1) is 23.1 Å². The molecule has 0 unspecified atom stereocenters. The molecule has 0 radical (unpaired) electrons. The first-order chi connectivity index (χ1) is 6.42. The third kappa shape index (κ3) is 1.85. The summed E-state index contributed by atoms with van der Waals surface area (Å²) in [6.45, 7) is 0.202. The fraction of sp³-hybridized carbons (Fsp3) is 0.222. The Labute approximate surface area is 84.6 Å². The maximum atomic E-state index is 8.71. The van der Waals surface area contributed by atoms with Crippen molar-refractivity contribution in [3.05, 3.63) is 23.7 Å². The summed E-state index contributed by atoms with van der Waals surface area (Å²) in [7, 11) is 0. The number of thiophene rings is 1. The predicted molar refractivity (Wildman–Crippen MR) is 57.4 cm³/mol. The van der Waals surface area contributed by atoms with Gasteiger partial charge in [-0.3, -0.25) is 0 Å². The minimum absolute atomic E-state index is 0.202. The molecule has 1 N–H and O–H groups in total.